The van der Waals surface area contributed by atoms with Crippen molar-refractivity contribution in [2.75, 3.05) is 39.3 Å². The molecule has 38 heavy (non-hydrogen) atoms. The van der Waals surface area contributed by atoms with Gasteiger partial charge < -0.3 is 15.0 Å². The van der Waals surface area contributed by atoms with Gasteiger partial charge in [-0.3, -0.25) is 9.59 Å². The Bertz CT molecular complexity index is 1180. The normalized spacial score (nSPS) is 28.0. The topological polar surface area (TPSA) is 123 Å². The first-order valence-electron chi connectivity index (χ1n) is 13.4. The molecular weight excluding hydrogens is 530 g/mol. The molecule has 1 N–H and O–H groups in total. The van der Waals surface area contributed by atoms with Gasteiger partial charge in [-0.25, -0.2) is 0 Å². The van der Waals surface area contributed by atoms with E-state index in [9.17, 15) is 18.0 Å². The van der Waals surface area contributed by atoms with Crippen LogP contribution in [0.5, 0.6) is 0 Å². The summed E-state index contributed by atoms with van der Waals surface area (Å²) in [5.74, 6) is -1.15. The van der Waals surface area contributed by atoms with Gasteiger partial charge >= 0.3 is 0 Å². The number of benzene rings is 1. The molecule has 0 aromatic heterocycles. The van der Waals surface area contributed by atoms with Gasteiger partial charge in [0.25, 0.3) is 10.2 Å². The molecule has 0 radical (unpaired) electrons. The number of likely N-dealkylation sites (tertiary alicyclic amines) is 1. The average Bonchev–Trinajstić information content (AvgIpc) is 3.59. The number of hydrogen-bond donors (Lipinski definition) is 1. The Balaban J connectivity index is 1.25. The summed E-state index contributed by atoms with van der Waals surface area (Å²) in [5.41, 5.74) is 0.906. The van der Waals surface area contributed by atoms with Crippen molar-refractivity contribution < 1.29 is 22.7 Å². The number of rotatable bonds is 7. The van der Waals surface area contributed by atoms with Crippen LogP contribution in [0.2, 0.25) is 5.02 Å². The molecule has 1 aromatic carbocycles. The molecule has 4 aliphatic heterocycles. The summed E-state index contributed by atoms with van der Waals surface area (Å²) in [4.78, 5) is 28.8. The van der Waals surface area contributed by atoms with Crippen molar-refractivity contribution in [3.8, 4) is 6.07 Å². The van der Waals surface area contributed by atoms with Crippen LogP contribution in [0.1, 0.15) is 50.1 Å². The monoisotopic (exact) mass is 563 g/mol. The molecule has 0 saturated carbocycles. The van der Waals surface area contributed by atoms with Crippen LogP contribution >= 0.6 is 11.6 Å². The third kappa shape index (κ3) is 5.56. The van der Waals surface area contributed by atoms with Crippen molar-refractivity contribution in [3.63, 3.8) is 0 Å². The highest BCUT2D eigenvalue weighted by Crippen LogP contribution is 2.31. The van der Waals surface area contributed by atoms with Gasteiger partial charge in [-0.15, -0.1) is 0 Å². The number of nitriles is 1. The lowest BCUT2D eigenvalue weighted by atomic mass is 9.97. The summed E-state index contributed by atoms with van der Waals surface area (Å²) in [5, 5.41) is 12.8. The van der Waals surface area contributed by atoms with E-state index in [2.05, 4.69) is 11.4 Å². The van der Waals surface area contributed by atoms with E-state index >= 15 is 0 Å². The number of carbonyl (C=O) groups is 2. The van der Waals surface area contributed by atoms with E-state index in [0.29, 0.717) is 50.4 Å². The van der Waals surface area contributed by atoms with Crippen LogP contribution in [0.15, 0.2) is 24.3 Å². The Hall–Kier alpha value is -2.23. The molecule has 4 fully saturated rings. The van der Waals surface area contributed by atoms with Crippen molar-refractivity contribution in [2.45, 2.75) is 56.7 Å². The number of carbonyl (C=O) groups excluding carboxylic acids is 2. The Morgan fingerprint density at radius 1 is 1.03 bits per heavy atom. The van der Waals surface area contributed by atoms with E-state index in [1.165, 1.54) is 8.61 Å². The lowest BCUT2D eigenvalue weighted by molar-refractivity contribution is -0.143. The van der Waals surface area contributed by atoms with Gasteiger partial charge in [0.1, 0.15) is 6.04 Å². The van der Waals surface area contributed by atoms with Crippen LogP contribution < -0.4 is 5.32 Å². The first-order valence-corrected chi connectivity index (χ1v) is 15.2. The minimum atomic E-state index is -3.71. The second kappa shape index (κ2) is 11.5. The highest BCUT2D eigenvalue weighted by atomic mass is 35.5. The summed E-state index contributed by atoms with van der Waals surface area (Å²) >= 11 is 6.07. The summed E-state index contributed by atoms with van der Waals surface area (Å²) < 4.78 is 34.6. The van der Waals surface area contributed by atoms with E-state index < -0.39 is 22.2 Å². The number of nitrogens with one attached hydrogen (secondary N) is 1. The molecule has 10 nitrogen and oxygen atoms in total. The van der Waals surface area contributed by atoms with E-state index in [4.69, 9.17) is 21.6 Å². The molecule has 0 bridgehead atoms. The molecule has 12 heteroatoms. The minimum absolute atomic E-state index is 0.100. The molecule has 0 spiro atoms. The van der Waals surface area contributed by atoms with Crippen molar-refractivity contribution in [1.29, 1.82) is 5.26 Å². The third-order valence-electron chi connectivity index (χ3n) is 8.12. The van der Waals surface area contributed by atoms with E-state index in [1.54, 1.807) is 17.0 Å². The number of hydrogen-bond acceptors (Lipinski definition) is 6. The Labute approximate surface area is 229 Å². The first kappa shape index (κ1) is 27.3. The Morgan fingerprint density at radius 3 is 2.45 bits per heavy atom. The standard InChI is InChI=1S/C26H34ClN5O5S/c27-21-9-7-19(8-10-21)24(23-6-3-13-37-23)29-25(33)22-5-2-12-32(22)26(34)20-4-1-11-30(17-20)38(35,36)31-15-18(14-28)16-31/h7-10,18,20,22-24H,1-6,11-13,15-17H2,(H,29,33)/t20-,22+,23-,24?/m0/s1. The second-order valence-electron chi connectivity index (χ2n) is 10.6. The SMILES string of the molecule is N#CC1CN(S(=O)(=O)N2CCC[C@H](C(=O)N3CCC[C@@H]3C(=O)NC(c3ccc(Cl)cc3)[C@@H]3CCCO3)C2)C1. The molecule has 1 aromatic rings. The van der Waals surface area contributed by atoms with Crippen molar-refractivity contribution in [3.05, 3.63) is 34.9 Å². The van der Waals surface area contributed by atoms with Gasteiger partial charge in [0.2, 0.25) is 11.8 Å². The maximum Gasteiger partial charge on any atom is 0.282 e. The molecule has 4 saturated heterocycles. The fourth-order valence-corrected chi connectivity index (χ4v) is 7.86. The molecule has 0 aliphatic carbocycles. The fourth-order valence-electron chi connectivity index (χ4n) is 5.94. The maximum absolute atomic E-state index is 13.6. The summed E-state index contributed by atoms with van der Waals surface area (Å²) in [7, 11) is -3.71. The van der Waals surface area contributed by atoms with Crippen LogP contribution in [0.4, 0.5) is 0 Å². The lowest BCUT2D eigenvalue weighted by Gasteiger charge is -2.41. The molecule has 4 atom stereocenters. The van der Waals surface area contributed by atoms with Gasteiger partial charge in [-0.2, -0.15) is 22.3 Å². The Morgan fingerprint density at radius 2 is 1.76 bits per heavy atom. The van der Waals surface area contributed by atoms with Crippen LogP contribution in [-0.2, 0) is 24.5 Å². The zero-order valence-electron chi connectivity index (χ0n) is 21.3. The highest BCUT2D eigenvalue weighted by molar-refractivity contribution is 7.86. The first-order chi connectivity index (χ1) is 18.3. The highest BCUT2D eigenvalue weighted by Gasteiger charge is 2.44. The molecule has 206 valence electrons. The second-order valence-corrected chi connectivity index (χ2v) is 13.0. The quantitative estimate of drug-likeness (QED) is 0.542. The third-order valence-corrected chi connectivity index (χ3v) is 10.3. The van der Waals surface area contributed by atoms with E-state index in [-0.39, 0.29) is 49.5 Å². The number of ether oxygens (including phenoxy) is 1. The zero-order chi connectivity index (χ0) is 26.9. The number of halogens is 1. The average molecular weight is 564 g/mol. The lowest BCUT2D eigenvalue weighted by Crippen LogP contribution is -2.57. The molecule has 4 heterocycles. The van der Waals surface area contributed by atoms with Crippen LogP contribution in [0.3, 0.4) is 0 Å². The van der Waals surface area contributed by atoms with Gasteiger partial charge in [0, 0.05) is 44.4 Å². The molecule has 5 rings (SSSR count). The van der Waals surface area contributed by atoms with Crippen LogP contribution in [0.25, 0.3) is 0 Å². The molecule has 4 aliphatic rings. The van der Waals surface area contributed by atoms with Crippen molar-refractivity contribution >= 4 is 33.6 Å². The number of amides is 2. The minimum Gasteiger partial charge on any atom is -0.376 e. The van der Waals surface area contributed by atoms with E-state index in [0.717, 1.165) is 18.4 Å². The zero-order valence-corrected chi connectivity index (χ0v) is 22.9. The Kier molecular flexibility index (Phi) is 8.26. The van der Waals surface area contributed by atoms with Gasteiger partial charge in [-0.1, -0.05) is 23.7 Å². The van der Waals surface area contributed by atoms with Gasteiger partial charge in [-0.05, 0) is 56.2 Å². The predicted octanol–water partition coefficient (Wildman–Crippen LogP) is 2.08. The fraction of sp³-hybridized carbons (Fsp3) is 0.654. The molecule has 2 amide bonds. The maximum atomic E-state index is 13.6. The summed E-state index contributed by atoms with van der Waals surface area (Å²) in [6.45, 7) is 1.97. The predicted molar refractivity (Wildman–Crippen MR) is 140 cm³/mol. The number of nitrogens with zero attached hydrogens (tertiary/aromatic N) is 4. The van der Waals surface area contributed by atoms with Gasteiger partial charge in [0.05, 0.1) is 30.1 Å². The largest absolute Gasteiger partial charge is 0.376 e. The summed E-state index contributed by atoms with van der Waals surface area (Å²) in [6.07, 6.45) is 4.05. The molecule has 1 unspecified atom stereocenters. The van der Waals surface area contributed by atoms with Crippen LogP contribution in [-0.4, -0.2) is 85.2 Å². The summed E-state index contributed by atoms with van der Waals surface area (Å²) in [6, 6.07) is 8.51. The number of piperidine rings is 1. The van der Waals surface area contributed by atoms with Crippen molar-refractivity contribution in [1.82, 2.24) is 18.8 Å². The van der Waals surface area contributed by atoms with Gasteiger partial charge in [0.15, 0.2) is 0 Å². The molecular formula is C26H34ClN5O5S. The smallest absolute Gasteiger partial charge is 0.282 e. The van der Waals surface area contributed by atoms with Crippen LogP contribution in [0, 0.1) is 23.2 Å². The van der Waals surface area contributed by atoms with E-state index in [1.807, 2.05) is 12.1 Å². The van der Waals surface area contributed by atoms with Crippen molar-refractivity contribution in [2.24, 2.45) is 11.8 Å².